The van der Waals surface area contributed by atoms with Gasteiger partial charge in [0.15, 0.2) is 15.1 Å². The van der Waals surface area contributed by atoms with Gasteiger partial charge in [-0.25, -0.2) is 18.1 Å². The maximum Gasteiger partial charge on any atom is 0.260 e. The lowest BCUT2D eigenvalue weighted by molar-refractivity contribution is 0.227. The zero-order valence-corrected chi connectivity index (χ0v) is 12.8. The summed E-state index contributed by atoms with van der Waals surface area (Å²) < 4.78 is 28.5. The van der Waals surface area contributed by atoms with Crippen molar-refractivity contribution in [2.45, 2.75) is 24.9 Å². The van der Waals surface area contributed by atoms with Gasteiger partial charge in [-0.05, 0) is 5.92 Å². The number of thiazole rings is 1. The van der Waals surface area contributed by atoms with E-state index in [1.165, 1.54) is 15.7 Å². The number of hydrogen-bond acceptors (Lipinski definition) is 5. The van der Waals surface area contributed by atoms with Gasteiger partial charge in [0.25, 0.3) is 10.0 Å². The first-order chi connectivity index (χ1) is 8.86. The highest BCUT2D eigenvalue weighted by Gasteiger charge is 2.28. The van der Waals surface area contributed by atoms with Crippen molar-refractivity contribution in [1.29, 1.82) is 0 Å². The number of aliphatic hydroxyl groups excluding tert-OH is 1. The van der Waals surface area contributed by atoms with Crippen molar-refractivity contribution < 1.29 is 13.5 Å². The topological polar surface area (TPSA) is 83.7 Å². The first-order valence-electron chi connectivity index (χ1n) is 5.61. The van der Waals surface area contributed by atoms with E-state index < -0.39 is 16.1 Å². The molecule has 1 atom stereocenters. The van der Waals surface area contributed by atoms with E-state index in [0.29, 0.717) is 4.96 Å². The van der Waals surface area contributed by atoms with Crippen LogP contribution in [-0.4, -0.2) is 35.6 Å². The highest BCUT2D eigenvalue weighted by Crippen LogP contribution is 2.25. The normalized spacial score (nSPS) is 14.4. The van der Waals surface area contributed by atoms with Gasteiger partial charge in [-0.15, -0.1) is 11.3 Å². The van der Waals surface area contributed by atoms with Crippen molar-refractivity contribution in [2.75, 3.05) is 6.61 Å². The molecule has 2 rings (SSSR count). The number of halogens is 1. The van der Waals surface area contributed by atoms with E-state index in [4.69, 9.17) is 11.6 Å². The molecule has 9 heteroatoms. The highest BCUT2D eigenvalue weighted by atomic mass is 35.5. The van der Waals surface area contributed by atoms with Gasteiger partial charge in [0, 0.05) is 17.6 Å². The number of fused-ring (bicyclic) bond motifs is 1. The van der Waals surface area contributed by atoms with Crippen LogP contribution in [-0.2, 0) is 10.0 Å². The Bertz CT molecular complexity index is 677. The Morgan fingerprint density at radius 2 is 2.26 bits per heavy atom. The Morgan fingerprint density at radius 3 is 2.84 bits per heavy atom. The molecule has 0 aromatic carbocycles. The van der Waals surface area contributed by atoms with Crippen molar-refractivity contribution in [3.63, 3.8) is 0 Å². The van der Waals surface area contributed by atoms with Gasteiger partial charge in [0.1, 0.15) is 0 Å². The van der Waals surface area contributed by atoms with Crippen LogP contribution in [0.2, 0.25) is 5.15 Å². The van der Waals surface area contributed by atoms with E-state index in [1.807, 2.05) is 13.8 Å². The van der Waals surface area contributed by atoms with Gasteiger partial charge in [0.05, 0.1) is 6.61 Å². The monoisotopic (exact) mass is 323 g/mol. The summed E-state index contributed by atoms with van der Waals surface area (Å²) in [7, 11) is -3.84. The number of nitrogens with one attached hydrogen (secondary N) is 1. The number of aliphatic hydroxyl groups is 1. The number of hydrogen-bond donors (Lipinski definition) is 2. The van der Waals surface area contributed by atoms with Crippen molar-refractivity contribution in [3.8, 4) is 0 Å². The lowest BCUT2D eigenvalue weighted by Crippen LogP contribution is -2.41. The average molecular weight is 324 g/mol. The Balaban J connectivity index is 2.44. The van der Waals surface area contributed by atoms with Crippen LogP contribution < -0.4 is 4.72 Å². The van der Waals surface area contributed by atoms with E-state index in [1.54, 1.807) is 11.6 Å². The molecule has 6 nitrogen and oxygen atoms in total. The van der Waals surface area contributed by atoms with Gasteiger partial charge in [0.2, 0.25) is 0 Å². The fourth-order valence-corrected chi connectivity index (χ4v) is 4.45. The van der Waals surface area contributed by atoms with E-state index in [2.05, 4.69) is 9.71 Å². The fraction of sp³-hybridized carbons (Fsp3) is 0.500. The average Bonchev–Trinajstić information content (AvgIpc) is 2.84. The molecule has 0 aliphatic rings. The van der Waals surface area contributed by atoms with Crippen LogP contribution in [0.15, 0.2) is 16.6 Å². The van der Waals surface area contributed by atoms with E-state index in [0.717, 1.165) is 0 Å². The van der Waals surface area contributed by atoms with Gasteiger partial charge in [-0.3, -0.25) is 4.40 Å². The summed E-state index contributed by atoms with van der Waals surface area (Å²) in [6, 6.07) is -0.565. The summed E-state index contributed by atoms with van der Waals surface area (Å²) in [4.78, 5) is 4.49. The van der Waals surface area contributed by atoms with Gasteiger partial charge in [-0.2, -0.15) is 0 Å². The number of sulfonamides is 1. The molecule has 0 radical (unpaired) electrons. The van der Waals surface area contributed by atoms with Crippen molar-refractivity contribution in [3.05, 3.63) is 16.7 Å². The third kappa shape index (κ3) is 2.77. The number of imidazole rings is 1. The van der Waals surface area contributed by atoms with Crippen LogP contribution >= 0.6 is 22.9 Å². The summed E-state index contributed by atoms with van der Waals surface area (Å²) in [6.45, 7) is 3.36. The van der Waals surface area contributed by atoms with E-state index >= 15 is 0 Å². The molecule has 0 bridgehead atoms. The van der Waals surface area contributed by atoms with Gasteiger partial charge >= 0.3 is 0 Å². The third-order valence-electron chi connectivity index (χ3n) is 2.74. The Kier molecular flexibility index (Phi) is 4.17. The second-order valence-corrected chi connectivity index (χ2v) is 7.28. The van der Waals surface area contributed by atoms with Crippen molar-refractivity contribution >= 4 is 37.9 Å². The molecule has 2 heterocycles. The summed E-state index contributed by atoms with van der Waals surface area (Å²) in [6.07, 6.45) is 1.59. The predicted molar refractivity (Wildman–Crippen MR) is 74.1 cm³/mol. The van der Waals surface area contributed by atoms with Crippen LogP contribution in [0, 0.1) is 5.92 Å². The maximum atomic E-state index is 12.3. The van der Waals surface area contributed by atoms with Crippen LogP contribution in [0.5, 0.6) is 0 Å². The molecule has 0 unspecified atom stereocenters. The van der Waals surface area contributed by atoms with Crippen LogP contribution in [0.4, 0.5) is 0 Å². The van der Waals surface area contributed by atoms with E-state index in [-0.39, 0.29) is 22.7 Å². The van der Waals surface area contributed by atoms with Crippen molar-refractivity contribution in [1.82, 2.24) is 14.1 Å². The summed E-state index contributed by atoms with van der Waals surface area (Å²) in [5, 5.41) is 10.8. The van der Waals surface area contributed by atoms with Crippen LogP contribution in [0.25, 0.3) is 4.96 Å². The molecule has 106 valence electrons. The number of aromatic nitrogens is 2. The Labute approximate surface area is 120 Å². The molecular formula is C10H14ClN3O3S2. The second-order valence-electron chi connectivity index (χ2n) is 4.42. The Hall–Kier alpha value is -0.670. The molecule has 19 heavy (non-hydrogen) atoms. The standard InChI is InChI=1S/C10H14ClN3O3S2/c1-6(2)7(5-15)13-19(16,17)9-8(11)12-10-14(9)3-4-18-10/h3-4,6-7,13,15H,5H2,1-2H3/t7-/m1/s1. The third-order valence-corrected chi connectivity index (χ3v) is 5.39. The molecule has 0 saturated carbocycles. The number of nitrogens with zero attached hydrogens (tertiary/aromatic N) is 2. The predicted octanol–water partition coefficient (Wildman–Crippen LogP) is 1.34. The highest BCUT2D eigenvalue weighted by molar-refractivity contribution is 7.89. The molecule has 0 fully saturated rings. The molecule has 2 aromatic rings. The van der Waals surface area contributed by atoms with Crippen molar-refractivity contribution in [2.24, 2.45) is 5.92 Å². The minimum atomic E-state index is -3.84. The van der Waals surface area contributed by atoms with E-state index in [9.17, 15) is 13.5 Å². The zero-order valence-electron chi connectivity index (χ0n) is 10.4. The first-order valence-corrected chi connectivity index (χ1v) is 8.35. The SMILES string of the molecule is CC(C)[C@@H](CO)NS(=O)(=O)c1c(Cl)nc2sccn12. The zero-order chi connectivity index (χ0) is 14.2. The summed E-state index contributed by atoms with van der Waals surface area (Å²) >= 11 is 7.19. The molecule has 0 aliphatic carbocycles. The van der Waals surface area contributed by atoms with Crippen LogP contribution in [0.1, 0.15) is 13.8 Å². The minimum absolute atomic E-state index is 0.0376. The largest absolute Gasteiger partial charge is 0.395 e. The molecule has 2 N–H and O–H groups in total. The maximum absolute atomic E-state index is 12.3. The summed E-state index contributed by atoms with van der Waals surface area (Å²) in [5.41, 5.74) is 0. The first kappa shape index (κ1) is 14.7. The lowest BCUT2D eigenvalue weighted by Gasteiger charge is -2.19. The fourth-order valence-electron chi connectivity index (χ4n) is 1.62. The lowest BCUT2D eigenvalue weighted by atomic mass is 10.1. The molecule has 0 amide bonds. The number of rotatable bonds is 5. The van der Waals surface area contributed by atoms with Gasteiger partial charge < -0.3 is 5.11 Å². The van der Waals surface area contributed by atoms with Crippen LogP contribution in [0.3, 0.4) is 0 Å². The molecule has 0 saturated heterocycles. The molecular weight excluding hydrogens is 310 g/mol. The molecule has 0 aliphatic heterocycles. The summed E-state index contributed by atoms with van der Waals surface area (Å²) in [5.74, 6) is -0.0376. The van der Waals surface area contributed by atoms with Gasteiger partial charge in [-0.1, -0.05) is 25.4 Å². The second kappa shape index (κ2) is 5.37. The smallest absolute Gasteiger partial charge is 0.260 e. The Morgan fingerprint density at radius 1 is 1.58 bits per heavy atom. The quantitative estimate of drug-likeness (QED) is 0.870. The molecule has 0 spiro atoms. The minimum Gasteiger partial charge on any atom is -0.395 e. The molecule has 2 aromatic heterocycles.